The van der Waals surface area contributed by atoms with Crippen molar-refractivity contribution in [3.05, 3.63) is 11.9 Å². The first-order valence-corrected chi connectivity index (χ1v) is 3.65. The summed E-state index contributed by atoms with van der Waals surface area (Å²) < 4.78 is 1.69. The standard InChI is InChI=1S/C5H6N4S/c1-3-2-9-5(7-3)10-4(6)8-9/h2H,1H3,(H2,6,8). The number of aromatic nitrogens is 3. The average molecular weight is 154 g/mol. The number of hydrogen-bond acceptors (Lipinski definition) is 4. The lowest BCUT2D eigenvalue weighted by molar-refractivity contribution is 0.978. The highest BCUT2D eigenvalue weighted by Crippen LogP contribution is 2.14. The molecule has 0 aliphatic rings. The van der Waals surface area contributed by atoms with E-state index in [0.29, 0.717) is 5.13 Å². The fourth-order valence-corrected chi connectivity index (χ4v) is 1.52. The molecular formula is C5H6N4S. The van der Waals surface area contributed by atoms with E-state index in [1.54, 1.807) is 4.52 Å². The number of anilines is 1. The zero-order chi connectivity index (χ0) is 7.14. The summed E-state index contributed by atoms with van der Waals surface area (Å²) in [5, 5.41) is 4.54. The number of fused-ring (bicyclic) bond motifs is 1. The first kappa shape index (κ1) is 5.67. The van der Waals surface area contributed by atoms with Crippen molar-refractivity contribution in [3.8, 4) is 0 Å². The lowest BCUT2D eigenvalue weighted by Gasteiger charge is -1.74. The fourth-order valence-electron chi connectivity index (χ4n) is 0.825. The van der Waals surface area contributed by atoms with Crippen LogP contribution in [0, 0.1) is 6.92 Å². The highest BCUT2D eigenvalue weighted by Gasteiger charge is 2.01. The molecule has 2 N–H and O–H groups in total. The first-order valence-electron chi connectivity index (χ1n) is 2.84. The molecular weight excluding hydrogens is 148 g/mol. The maximum Gasteiger partial charge on any atom is 0.214 e. The first-order chi connectivity index (χ1) is 4.75. The minimum Gasteiger partial charge on any atom is -0.374 e. The third-order valence-corrected chi connectivity index (χ3v) is 1.93. The third kappa shape index (κ3) is 0.672. The summed E-state index contributed by atoms with van der Waals surface area (Å²) >= 11 is 1.39. The Kier molecular flexibility index (Phi) is 0.960. The molecule has 0 aliphatic heterocycles. The van der Waals surface area contributed by atoms with Crippen LogP contribution in [0.15, 0.2) is 6.20 Å². The minimum atomic E-state index is 0.558. The Hall–Kier alpha value is -1.10. The summed E-state index contributed by atoms with van der Waals surface area (Å²) in [6, 6.07) is 0. The van der Waals surface area contributed by atoms with Crippen molar-refractivity contribution in [1.29, 1.82) is 0 Å². The van der Waals surface area contributed by atoms with E-state index < -0.39 is 0 Å². The van der Waals surface area contributed by atoms with Gasteiger partial charge in [-0.3, -0.25) is 0 Å². The van der Waals surface area contributed by atoms with Gasteiger partial charge in [-0.25, -0.2) is 9.50 Å². The summed E-state index contributed by atoms with van der Waals surface area (Å²) in [5.41, 5.74) is 6.40. The highest BCUT2D eigenvalue weighted by atomic mass is 32.1. The molecule has 2 rings (SSSR count). The molecule has 0 aliphatic carbocycles. The van der Waals surface area contributed by atoms with Crippen LogP contribution in [0.5, 0.6) is 0 Å². The fraction of sp³-hybridized carbons (Fsp3) is 0.200. The van der Waals surface area contributed by atoms with E-state index in [4.69, 9.17) is 5.73 Å². The largest absolute Gasteiger partial charge is 0.374 e. The number of hydrogen-bond donors (Lipinski definition) is 1. The molecule has 0 spiro atoms. The monoisotopic (exact) mass is 154 g/mol. The Bertz CT molecular complexity index is 297. The van der Waals surface area contributed by atoms with Crippen molar-refractivity contribution >= 4 is 21.4 Å². The normalized spacial score (nSPS) is 10.9. The second kappa shape index (κ2) is 1.69. The van der Waals surface area contributed by atoms with Gasteiger partial charge < -0.3 is 5.73 Å². The van der Waals surface area contributed by atoms with E-state index in [1.165, 1.54) is 11.3 Å². The van der Waals surface area contributed by atoms with Crippen LogP contribution in [0.2, 0.25) is 0 Å². The van der Waals surface area contributed by atoms with Crippen LogP contribution < -0.4 is 5.73 Å². The molecule has 0 unspecified atom stereocenters. The number of aryl methyl sites for hydroxylation is 1. The van der Waals surface area contributed by atoms with E-state index in [1.807, 2.05) is 13.1 Å². The highest BCUT2D eigenvalue weighted by molar-refractivity contribution is 7.20. The average Bonchev–Trinajstić information content (AvgIpc) is 2.21. The number of imidazole rings is 1. The predicted molar refractivity (Wildman–Crippen MR) is 40.0 cm³/mol. The van der Waals surface area contributed by atoms with E-state index in [2.05, 4.69) is 10.1 Å². The van der Waals surface area contributed by atoms with Crippen LogP contribution in [0.4, 0.5) is 5.13 Å². The third-order valence-electron chi connectivity index (χ3n) is 1.18. The summed E-state index contributed by atoms with van der Waals surface area (Å²) in [4.78, 5) is 5.03. The Balaban J connectivity index is 2.83. The van der Waals surface area contributed by atoms with E-state index in [9.17, 15) is 0 Å². The summed E-state index contributed by atoms with van der Waals surface area (Å²) in [7, 11) is 0. The number of nitrogen functional groups attached to an aromatic ring is 1. The van der Waals surface area contributed by atoms with Gasteiger partial charge in [0.05, 0.1) is 11.9 Å². The van der Waals surface area contributed by atoms with Gasteiger partial charge in [0.25, 0.3) is 0 Å². The number of nitrogens with zero attached hydrogens (tertiary/aromatic N) is 3. The minimum absolute atomic E-state index is 0.558. The maximum atomic E-state index is 5.43. The van der Waals surface area contributed by atoms with Crippen LogP contribution >= 0.6 is 11.3 Å². The van der Waals surface area contributed by atoms with Crippen molar-refractivity contribution in [2.24, 2.45) is 0 Å². The molecule has 2 aromatic rings. The second-order valence-electron chi connectivity index (χ2n) is 2.05. The number of nitrogens with two attached hydrogens (primary N) is 1. The molecule has 52 valence electrons. The maximum absolute atomic E-state index is 5.43. The Morgan fingerprint density at radius 2 is 2.50 bits per heavy atom. The molecule has 5 heteroatoms. The summed E-state index contributed by atoms with van der Waals surface area (Å²) in [6.07, 6.45) is 1.85. The zero-order valence-corrected chi connectivity index (χ0v) is 6.22. The van der Waals surface area contributed by atoms with Gasteiger partial charge in [-0.05, 0) is 6.92 Å². The van der Waals surface area contributed by atoms with Crippen LogP contribution in [0.1, 0.15) is 5.69 Å². The smallest absolute Gasteiger partial charge is 0.214 e. The van der Waals surface area contributed by atoms with Gasteiger partial charge in [0.1, 0.15) is 0 Å². The van der Waals surface area contributed by atoms with Crippen molar-refractivity contribution < 1.29 is 0 Å². The molecule has 2 heterocycles. The van der Waals surface area contributed by atoms with Crippen molar-refractivity contribution in [3.63, 3.8) is 0 Å². The molecule has 0 fully saturated rings. The Morgan fingerprint density at radius 3 is 3.20 bits per heavy atom. The summed E-state index contributed by atoms with van der Waals surface area (Å²) in [5.74, 6) is 0. The van der Waals surface area contributed by atoms with Crippen LogP contribution in [-0.2, 0) is 0 Å². The molecule has 0 radical (unpaired) electrons. The molecule has 4 nitrogen and oxygen atoms in total. The molecule has 0 amide bonds. The van der Waals surface area contributed by atoms with Crippen molar-refractivity contribution in [2.75, 3.05) is 5.73 Å². The molecule has 0 atom stereocenters. The quantitative estimate of drug-likeness (QED) is 0.607. The van der Waals surface area contributed by atoms with E-state index in [-0.39, 0.29) is 0 Å². The van der Waals surface area contributed by atoms with Crippen molar-refractivity contribution in [1.82, 2.24) is 14.6 Å². The Morgan fingerprint density at radius 1 is 1.70 bits per heavy atom. The second-order valence-corrected chi connectivity index (χ2v) is 3.04. The lowest BCUT2D eigenvalue weighted by Crippen LogP contribution is -1.85. The van der Waals surface area contributed by atoms with Gasteiger partial charge >= 0.3 is 0 Å². The van der Waals surface area contributed by atoms with Crippen LogP contribution in [0.25, 0.3) is 4.96 Å². The van der Waals surface area contributed by atoms with Gasteiger partial charge in [0, 0.05) is 0 Å². The Labute approximate surface area is 61.3 Å². The van der Waals surface area contributed by atoms with Crippen LogP contribution in [0.3, 0.4) is 0 Å². The predicted octanol–water partition coefficient (Wildman–Crippen LogP) is 0.681. The molecule has 0 bridgehead atoms. The topological polar surface area (TPSA) is 56.2 Å². The molecule has 0 saturated heterocycles. The van der Waals surface area contributed by atoms with Gasteiger partial charge in [-0.15, -0.1) is 5.10 Å². The zero-order valence-electron chi connectivity index (χ0n) is 5.40. The lowest BCUT2D eigenvalue weighted by atomic mass is 10.6. The van der Waals surface area contributed by atoms with Gasteiger partial charge in [0.2, 0.25) is 10.1 Å². The SMILES string of the molecule is Cc1cn2nc(N)sc2n1. The van der Waals surface area contributed by atoms with Crippen LogP contribution in [-0.4, -0.2) is 14.6 Å². The number of rotatable bonds is 0. The van der Waals surface area contributed by atoms with Gasteiger partial charge in [-0.2, -0.15) is 0 Å². The molecule has 10 heavy (non-hydrogen) atoms. The molecule has 0 aromatic carbocycles. The van der Waals surface area contributed by atoms with Gasteiger partial charge in [0.15, 0.2) is 0 Å². The van der Waals surface area contributed by atoms with E-state index in [0.717, 1.165) is 10.7 Å². The molecule has 0 saturated carbocycles. The summed E-state index contributed by atoms with van der Waals surface area (Å²) in [6.45, 7) is 1.93. The van der Waals surface area contributed by atoms with Crippen molar-refractivity contribution in [2.45, 2.75) is 6.92 Å². The molecule has 2 aromatic heterocycles. The van der Waals surface area contributed by atoms with E-state index >= 15 is 0 Å². The van der Waals surface area contributed by atoms with Gasteiger partial charge in [-0.1, -0.05) is 11.3 Å².